The van der Waals surface area contributed by atoms with E-state index in [1.807, 2.05) is 13.8 Å². The van der Waals surface area contributed by atoms with Crippen molar-refractivity contribution in [3.63, 3.8) is 0 Å². The summed E-state index contributed by atoms with van der Waals surface area (Å²) in [5, 5.41) is 3.20. The third-order valence-electron chi connectivity index (χ3n) is 4.62. The van der Waals surface area contributed by atoms with Crippen LogP contribution in [0.1, 0.15) is 66.9 Å². The highest BCUT2D eigenvalue weighted by atomic mass is 15.1. The van der Waals surface area contributed by atoms with Crippen LogP contribution in [0.15, 0.2) is 6.33 Å². The average Bonchev–Trinajstić information content (AvgIpc) is 3.05. The van der Waals surface area contributed by atoms with Gasteiger partial charge in [0.25, 0.3) is 0 Å². The predicted molar refractivity (Wildman–Crippen MR) is 98.8 cm³/mol. The zero-order valence-corrected chi connectivity index (χ0v) is 15.0. The Morgan fingerprint density at radius 1 is 1.22 bits per heavy atom. The minimum atomic E-state index is 0. The van der Waals surface area contributed by atoms with Crippen molar-refractivity contribution in [2.45, 2.75) is 66.2 Å². The summed E-state index contributed by atoms with van der Waals surface area (Å²) in [4.78, 5) is 16.6. The van der Waals surface area contributed by atoms with Gasteiger partial charge in [-0.05, 0) is 31.6 Å². The number of H-pyrrole nitrogens is 1. The first-order valence-electron chi connectivity index (χ1n) is 9.20. The quantitative estimate of drug-likeness (QED) is 0.829. The van der Waals surface area contributed by atoms with Gasteiger partial charge in [0.2, 0.25) is 5.95 Å². The number of aromatic amines is 1. The Morgan fingerprint density at radius 3 is 2.65 bits per heavy atom. The Bertz CT molecular complexity index is 590. The predicted octanol–water partition coefficient (Wildman–Crippen LogP) is 4.82. The van der Waals surface area contributed by atoms with Crippen molar-refractivity contribution in [2.75, 3.05) is 11.9 Å². The number of nitrogens with zero attached hydrogens (tertiary/aromatic N) is 3. The van der Waals surface area contributed by atoms with Crippen LogP contribution in [0.2, 0.25) is 0 Å². The average molecular weight is 319 g/mol. The fourth-order valence-corrected chi connectivity index (χ4v) is 3.27. The summed E-state index contributed by atoms with van der Waals surface area (Å²) in [6.45, 7) is 9.26. The highest BCUT2D eigenvalue weighted by molar-refractivity contribution is 5.74. The maximum Gasteiger partial charge on any atom is 0.225 e. The molecule has 5 heteroatoms. The molecule has 2 N–H and O–H groups in total. The van der Waals surface area contributed by atoms with E-state index in [0.29, 0.717) is 5.95 Å². The summed E-state index contributed by atoms with van der Waals surface area (Å²) in [6, 6.07) is 0. The van der Waals surface area contributed by atoms with Crippen LogP contribution in [0.3, 0.4) is 0 Å². The number of fused-ring (bicyclic) bond motifs is 1. The van der Waals surface area contributed by atoms with Gasteiger partial charge in [-0.3, -0.25) is 0 Å². The van der Waals surface area contributed by atoms with Crippen LogP contribution in [0, 0.1) is 11.8 Å². The Labute approximate surface area is 141 Å². The highest BCUT2D eigenvalue weighted by Gasteiger charge is 2.19. The molecule has 0 unspecified atom stereocenters. The lowest BCUT2D eigenvalue weighted by atomic mass is 9.80. The number of rotatable bonds is 5. The van der Waals surface area contributed by atoms with Crippen LogP contribution in [0.4, 0.5) is 5.95 Å². The van der Waals surface area contributed by atoms with Gasteiger partial charge in [0, 0.05) is 7.97 Å². The molecule has 1 aliphatic carbocycles. The molecule has 130 valence electrons. The number of aryl methyl sites for hydroxylation is 1. The van der Waals surface area contributed by atoms with E-state index in [0.717, 1.165) is 41.7 Å². The first-order chi connectivity index (χ1) is 11.3. The van der Waals surface area contributed by atoms with Crippen molar-refractivity contribution in [2.24, 2.45) is 11.8 Å². The van der Waals surface area contributed by atoms with Crippen molar-refractivity contribution in [3.8, 4) is 0 Å². The number of hydrogen-bond acceptors (Lipinski definition) is 4. The van der Waals surface area contributed by atoms with E-state index in [2.05, 4.69) is 39.1 Å². The van der Waals surface area contributed by atoms with E-state index in [4.69, 9.17) is 0 Å². The molecule has 1 fully saturated rings. The second-order valence-corrected chi connectivity index (χ2v) is 6.29. The molecule has 5 nitrogen and oxygen atoms in total. The third kappa shape index (κ3) is 4.66. The molecule has 0 saturated heterocycles. The van der Waals surface area contributed by atoms with Crippen molar-refractivity contribution < 1.29 is 1.43 Å². The van der Waals surface area contributed by atoms with Crippen molar-refractivity contribution in [1.82, 2.24) is 19.9 Å². The monoisotopic (exact) mass is 319 g/mol. The SMILES string of the molecule is CC.CCNc1nc(CCC2CCC(C)CC2)c2[nH]cnc2n1.[HH]. The van der Waals surface area contributed by atoms with Crippen molar-refractivity contribution in [3.05, 3.63) is 12.0 Å². The molecule has 0 spiro atoms. The maximum absolute atomic E-state index is 4.67. The third-order valence-corrected chi connectivity index (χ3v) is 4.62. The lowest BCUT2D eigenvalue weighted by molar-refractivity contribution is 0.277. The van der Waals surface area contributed by atoms with Gasteiger partial charge in [0.05, 0.1) is 12.0 Å². The minimum absolute atomic E-state index is 0. The number of anilines is 1. The first kappa shape index (κ1) is 17.7. The van der Waals surface area contributed by atoms with Crippen molar-refractivity contribution >= 4 is 17.1 Å². The molecule has 0 radical (unpaired) electrons. The molecular formula is C18H33N5. The van der Waals surface area contributed by atoms with Crippen LogP contribution in [-0.2, 0) is 6.42 Å². The van der Waals surface area contributed by atoms with Crippen LogP contribution < -0.4 is 5.32 Å². The molecular weight excluding hydrogens is 286 g/mol. The fraction of sp³-hybridized carbons (Fsp3) is 0.722. The van der Waals surface area contributed by atoms with Crippen LogP contribution >= 0.6 is 0 Å². The van der Waals surface area contributed by atoms with Crippen LogP contribution in [0.25, 0.3) is 11.2 Å². The van der Waals surface area contributed by atoms with Gasteiger partial charge in [-0.15, -0.1) is 0 Å². The number of hydrogen-bond donors (Lipinski definition) is 2. The second-order valence-electron chi connectivity index (χ2n) is 6.29. The van der Waals surface area contributed by atoms with E-state index >= 15 is 0 Å². The first-order valence-corrected chi connectivity index (χ1v) is 9.20. The van der Waals surface area contributed by atoms with E-state index in [1.165, 1.54) is 32.1 Å². The van der Waals surface area contributed by atoms with E-state index in [-0.39, 0.29) is 1.43 Å². The van der Waals surface area contributed by atoms with E-state index in [9.17, 15) is 0 Å². The normalized spacial score (nSPS) is 20.9. The zero-order valence-electron chi connectivity index (χ0n) is 15.0. The van der Waals surface area contributed by atoms with Gasteiger partial charge in [0.1, 0.15) is 5.52 Å². The molecule has 3 rings (SSSR count). The molecule has 2 aromatic heterocycles. The lowest BCUT2D eigenvalue weighted by Crippen LogP contribution is -2.13. The molecule has 2 heterocycles. The molecule has 1 aliphatic rings. The summed E-state index contributed by atoms with van der Waals surface area (Å²) in [6.07, 6.45) is 9.47. The molecule has 1 saturated carbocycles. The largest absolute Gasteiger partial charge is 0.354 e. The van der Waals surface area contributed by atoms with Gasteiger partial charge in [0.15, 0.2) is 5.65 Å². The number of aromatic nitrogens is 4. The van der Waals surface area contributed by atoms with Gasteiger partial charge in [-0.1, -0.05) is 46.5 Å². The Hall–Kier alpha value is -1.65. The highest BCUT2D eigenvalue weighted by Crippen LogP contribution is 2.31. The summed E-state index contributed by atoms with van der Waals surface area (Å²) >= 11 is 0. The molecule has 0 bridgehead atoms. The summed E-state index contributed by atoms with van der Waals surface area (Å²) < 4.78 is 0. The molecule has 0 atom stereocenters. The topological polar surface area (TPSA) is 66.5 Å². The van der Waals surface area contributed by atoms with Gasteiger partial charge in [-0.25, -0.2) is 9.97 Å². The molecule has 2 aromatic rings. The Morgan fingerprint density at radius 2 is 1.96 bits per heavy atom. The molecule has 0 aliphatic heterocycles. The molecule has 0 aromatic carbocycles. The minimum Gasteiger partial charge on any atom is -0.354 e. The Balaban J connectivity index is 0.000000925. The van der Waals surface area contributed by atoms with Gasteiger partial charge in [-0.2, -0.15) is 4.98 Å². The number of imidazole rings is 1. The lowest BCUT2D eigenvalue weighted by Gasteiger charge is -2.25. The second kappa shape index (κ2) is 8.85. The number of nitrogens with one attached hydrogen (secondary N) is 2. The molecule has 23 heavy (non-hydrogen) atoms. The maximum atomic E-state index is 4.67. The standard InChI is InChI=1S/C16H25N5.C2H6.H2/c1-3-17-16-20-13(14-15(21-16)19-10-18-14)9-8-12-6-4-11(2)5-7-12;1-2;/h10-12H,3-9H2,1-2H3,(H2,17,18,19,20,21);1-2H3;1H. The van der Waals surface area contributed by atoms with E-state index in [1.54, 1.807) is 6.33 Å². The summed E-state index contributed by atoms with van der Waals surface area (Å²) in [5.74, 6) is 2.47. The van der Waals surface area contributed by atoms with E-state index < -0.39 is 0 Å². The summed E-state index contributed by atoms with van der Waals surface area (Å²) in [7, 11) is 0. The van der Waals surface area contributed by atoms with Crippen LogP contribution in [0.5, 0.6) is 0 Å². The molecule has 0 amide bonds. The summed E-state index contributed by atoms with van der Waals surface area (Å²) in [5.41, 5.74) is 2.88. The van der Waals surface area contributed by atoms with Gasteiger partial charge < -0.3 is 10.3 Å². The fourth-order valence-electron chi connectivity index (χ4n) is 3.27. The van der Waals surface area contributed by atoms with Crippen LogP contribution in [-0.4, -0.2) is 26.5 Å². The smallest absolute Gasteiger partial charge is 0.225 e. The van der Waals surface area contributed by atoms with Gasteiger partial charge >= 0.3 is 0 Å². The van der Waals surface area contributed by atoms with Crippen molar-refractivity contribution in [1.29, 1.82) is 0 Å². The Kier molecular flexibility index (Phi) is 6.81. The zero-order chi connectivity index (χ0) is 16.7.